The topological polar surface area (TPSA) is 82.2 Å². The van der Waals surface area contributed by atoms with Crippen LogP contribution in [0.3, 0.4) is 0 Å². The lowest BCUT2D eigenvalue weighted by Gasteiger charge is -2.27. The van der Waals surface area contributed by atoms with Gasteiger partial charge in [-0.25, -0.2) is 0 Å². The molecule has 1 heterocycles. The molecular weight excluding hydrogens is 430 g/mol. The van der Waals surface area contributed by atoms with E-state index >= 15 is 0 Å². The van der Waals surface area contributed by atoms with E-state index in [0.29, 0.717) is 18.1 Å². The van der Waals surface area contributed by atoms with E-state index in [1.165, 1.54) is 0 Å². The number of benzene rings is 2. The minimum atomic E-state index is -0.306. The van der Waals surface area contributed by atoms with Crippen LogP contribution in [0.1, 0.15) is 69.4 Å². The number of nitrogens with zero attached hydrogens (tertiary/aromatic N) is 1. The Morgan fingerprint density at radius 2 is 1.70 bits per heavy atom. The molecule has 0 aliphatic heterocycles. The van der Waals surface area contributed by atoms with Crippen molar-refractivity contribution >= 4 is 29.1 Å². The molecule has 0 atom stereocenters. The highest BCUT2D eigenvalue weighted by Crippen LogP contribution is 2.41. The molecule has 0 saturated heterocycles. The predicted octanol–water partition coefficient (Wildman–Crippen LogP) is 6.42. The maximum atomic E-state index is 13.1. The maximum absolute atomic E-state index is 13.1. The average Bonchev–Trinajstić information content (AvgIpc) is 3.25. The third-order valence-electron chi connectivity index (χ3n) is 5.46. The molecule has 0 amide bonds. The summed E-state index contributed by atoms with van der Waals surface area (Å²) in [5.74, 6) is 0.637. The number of hydrogen-bond donors (Lipinski definition) is 3. The number of rotatable bonds is 5. The van der Waals surface area contributed by atoms with Gasteiger partial charge in [-0.2, -0.15) is 16.1 Å². The first kappa shape index (κ1) is 24.5. The van der Waals surface area contributed by atoms with Gasteiger partial charge in [0.05, 0.1) is 0 Å². The van der Waals surface area contributed by atoms with E-state index in [-0.39, 0.29) is 16.6 Å². The summed E-state index contributed by atoms with van der Waals surface area (Å²) in [6.07, 6.45) is 1.55. The molecule has 0 bridgehead atoms. The number of nitrogens with one attached hydrogen (secondary N) is 2. The van der Waals surface area contributed by atoms with Crippen LogP contribution in [0.15, 0.2) is 53.2 Å². The van der Waals surface area contributed by atoms with Gasteiger partial charge in [0.2, 0.25) is 5.69 Å². The highest BCUT2D eigenvalue weighted by molar-refractivity contribution is 7.08. The van der Waals surface area contributed by atoms with Crippen LogP contribution in [0.4, 0.5) is 5.69 Å². The van der Waals surface area contributed by atoms with Gasteiger partial charge in [0.15, 0.2) is 6.21 Å². The van der Waals surface area contributed by atoms with Gasteiger partial charge in [0.1, 0.15) is 11.6 Å². The van der Waals surface area contributed by atoms with Crippen LogP contribution in [0.2, 0.25) is 0 Å². The fourth-order valence-electron chi connectivity index (χ4n) is 3.58. The largest absolute Gasteiger partial charge is 0.618 e. The van der Waals surface area contributed by atoms with E-state index in [1.807, 2.05) is 82.6 Å². The second kappa shape index (κ2) is 9.40. The van der Waals surface area contributed by atoms with Crippen molar-refractivity contribution in [3.8, 4) is 5.75 Å². The molecule has 0 unspecified atom stereocenters. The van der Waals surface area contributed by atoms with E-state index in [4.69, 9.17) is 5.41 Å². The molecule has 3 aromatic rings. The van der Waals surface area contributed by atoms with Crippen molar-refractivity contribution in [3.63, 3.8) is 0 Å². The Labute approximate surface area is 200 Å². The van der Waals surface area contributed by atoms with E-state index < -0.39 is 0 Å². The lowest BCUT2D eigenvalue weighted by Crippen LogP contribution is -2.22. The van der Waals surface area contributed by atoms with Gasteiger partial charge in [-0.15, -0.1) is 0 Å². The number of hydrogen-bond acceptors (Lipinski definition) is 4. The molecule has 1 aromatic heterocycles. The number of thiophene rings is 1. The lowest BCUT2D eigenvalue weighted by molar-refractivity contribution is -0.354. The van der Waals surface area contributed by atoms with Crippen molar-refractivity contribution in [2.75, 3.05) is 0 Å². The van der Waals surface area contributed by atoms with Gasteiger partial charge >= 0.3 is 0 Å². The molecule has 0 aliphatic carbocycles. The van der Waals surface area contributed by atoms with Crippen molar-refractivity contribution in [2.45, 2.75) is 58.9 Å². The first-order valence-electron chi connectivity index (χ1n) is 11.0. The highest BCUT2D eigenvalue weighted by Gasteiger charge is 2.28. The molecule has 2 aromatic carbocycles. The average molecular weight is 464 g/mol. The second-order valence-corrected chi connectivity index (χ2v) is 11.1. The summed E-state index contributed by atoms with van der Waals surface area (Å²) < 4.78 is 0.865. The minimum Gasteiger partial charge on any atom is -0.618 e. The molecule has 6 heteroatoms. The standard InChI is InChI=1S/C27H33N3O2S/c1-26(2,3)22-13-21(14-23(24(22)31)27(4,5)6)30(32)16-19-9-7-8-18(12-19)15-29-25(28)20-10-11-33-17-20/h7-14,16-17,31H,15H2,1-6H3,(H2,28,29)/b30-16-. The van der Waals surface area contributed by atoms with Gasteiger partial charge in [-0.1, -0.05) is 53.7 Å². The first-order chi connectivity index (χ1) is 15.4. The Morgan fingerprint density at radius 1 is 1.06 bits per heavy atom. The van der Waals surface area contributed by atoms with Crippen LogP contribution >= 0.6 is 11.3 Å². The normalized spacial score (nSPS) is 12.6. The molecule has 5 nitrogen and oxygen atoms in total. The van der Waals surface area contributed by atoms with Crippen molar-refractivity contribution in [2.24, 2.45) is 0 Å². The van der Waals surface area contributed by atoms with Crippen molar-refractivity contribution in [1.82, 2.24) is 5.32 Å². The van der Waals surface area contributed by atoms with E-state index in [0.717, 1.165) is 32.6 Å². The number of phenolic OH excluding ortho intramolecular Hbond substituents is 1. The van der Waals surface area contributed by atoms with Crippen LogP contribution in [0.5, 0.6) is 5.75 Å². The number of aromatic hydroxyl groups is 1. The van der Waals surface area contributed by atoms with Crippen LogP contribution in [0, 0.1) is 10.6 Å². The van der Waals surface area contributed by atoms with E-state index in [1.54, 1.807) is 29.7 Å². The molecule has 0 aliphatic rings. The zero-order chi connectivity index (χ0) is 24.4. The van der Waals surface area contributed by atoms with E-state index in [2.05, 4.69) is 5.32 Å². The van der Waals surface area contributed by atoms with Gasteiger partial charge in [0.25, 0.3) is 0 Å². The zero-order valence-corrected chi connectivity index (χ0v) is 21.0. The molecule has 33 heavy (non-hydrogen) atoms. The Hall–Kier alpha value is -3.12. The maximum Gasteiger partial charge on any atom is 0.217 e. The Kier molecular flexibility index (Phi) is 6.98. The van der Waals surface area contributed by atoms with Gasteiger partial charge < -0.3 is 15.6 Å². The zero-order valence-electron chi connectivity index (χ0n) is 20.2. The molecule has 0 fully saturated rings. The Balaban J connectivity index is 1.90. The summed E-state index contributed by atoms with van der Waals surface area (Å²) in [4.78, 5) is 0. The van der Waals surface area contributed by atoms with Crippen LogP contribution < -0.4 is 5.32 Å². The predicted molar refractivity (Wildman–Crippen MR) is 138 cm³/mol. The monoisotopic (exact) mass is 463 g/mol. The second-order valence-electron chi connectivity index (χ2n) is 10.3. The summed E-state index contributed by atoms with van der Waals surface area (Å²) in [6, 6.07) is 13.2. The van der Waals surface area contributed by atoms with Gasteiger partial charge in [-0.3, -0.25) is 5.41 Å². The summed E-state index contributed by atoms with van der Waals surface area (Å²) in [7, 11) is 0. The number of phenols is 1. The molecule has 0 radical (unpaired) electrons. The van der Waals surface area contributed by atoms with Gasteiger partial charge in [0, 0.05) is 46.3 Å². The molecule has 3 rings (SSSR count). The summed E-state index contributed by atoms with van der Waals surface area (Å²) in [5.41, 5.74) is 4.00. The van der Waals surface area contributed by atoms with Crippen LogP contribution in [-0.2, 0) is 17.4 Å². The smallest absolute Gasteiger partial charge is 0.217 e. The number of amidine groups is 1. The summed E-state index contributed by atoms with van der Waals surface area (Å²) in [5, 5.41) is 39.2. The molecular formula is C27H33N3O2S. The summed E-state index contributed by atoms with van der Waals surface area (Å²) in [6.45, 7) is 12.7. The summed E-state index contributed by atoms with van der Waals surface area (Å²) >= 11 is 1.56. The fourth-order valence-corrected chi connectivity index (χ4v) is 4.23. The molecule has 3 N–H and O–H groups in total. The lowest BCUT2D eigenvalue weighted by atomic mass is 9.79. The van der Waals surface area contributed by atoms with Crippen LogP contribution in [0.25, 0.3) is 0 Å². The third-order valence-corrected chi connectivity index (χ3v) is 6.14. The van der Waals surface area contributed by atoms with Gasteiger partial charge in [-0.05, 0) is 40.0 Å². The fraction of sp³-hybridized carbons (Fsp3) is 0.333. The molecule has 0 saturated carbocycles. The first-order valence-corrected chi connectivity index (χ1v) is 11.9. The quantitative estimate of drug-likeness (QED) is 0.134. The van der Waals surface area contributed by atoms with Crippen LogP contribution in [-0.4, -0.2) is 21.9 Å². The Morgan fingerprint density at radius 3 is 2.24 bits per heavy atom. The third kappa shape index (κ3) is 6.02. The van der Waals surface area contributed by atoms with Crippen molar-refractivity contribution < 1.29 is 9.85 Å². The Bertz CT molecular complexity index is 1130. The minimum absolute atomic E-state index is 0.258. The highest BCUT2D eigenvalue weighted by atomic mass is 32.1. The van der Waals surface area contributed by atoms with Crippen molar-refractivity contribution in [3.05, 3.63) is 86.2 Å². The van der Waals surface area contributed by atoms with E-state index in [9.17, 15) is 10.3 Å². The molecule has 174 valence electrons. The SMILES string of the molecule is CC(C)(C)c1cc(/[N+]([O-])=C/c2cccc(CNC(=N)c3ccsc3)c2)cc(C(C)(C)C)c1O. The molecule has 0 spiro atoms. The van der Waals surface area contributed by atoms with Crippen molar-refractivity contribution in [1.29, 1.82) is 5.41 Å².